The molecule has 0 bridgehead atoms. The van der Waals surface area contributed by atoms with E-state index in [1.54, 1.807) is 14.2 Å². The third-order valence-electron chi connectivity index (χ3n) is 5.52. The van der Waals surface area contributed by atoms with Crippen LogP contribution in [0.15, 0.2) is 18.2 Å². The summed E-state index contributed by atoms with van der Waals surface area (Å²) in [5, 5.41) is 0. The van der Waals surface area contributed by atoms with E-state index < -0.39 is 0 Å². The Morgan fingerprint density at radius 3 is 2.64 bits per heavy atom. The van der Waals surface area contributed by atoms with Crippen molar-refractivity contribution in [2.75, 3.05) is 20.8 Å². The minimum Gasteiger partial charge on any atom is -0.497 e. The highest BCUT2D eigenvalue weighted by Gasteiger charge is 2.35. The van der Waals surface area contributed by atoms with Crippen molar-refractivity contribution in [3.8, 4) is 11.5 Å². The fourth-order valence-electron chi connectivity index (χ4n) is 4.15. The molecule has 1 aliphatic carbocycles. The lowest BCUT2D eigenvalue weighted by Crippen LogP contribution is -2.35. The van der Waals surface area contributed by atoms with Crippen molar-refractivity contribution in [1.82, 2.24) is 4.90 Å². The largest absolute Gasteiger partial charge is 0.497 e. The number of rotatable bonds is 5. The first-order chi connectivity index (χ1) is 11.6. The second-order valence-electron chi connectivity index (χ2n) is 6.91. The number of nitrogens with two attached hydrogens (primary N) is 1. The Bertz CT molecular complexity index is 596. The van der Waals surface area contributed by atoms with E-state index in [2.05, 4.69) is 0 Å². The molecule has 1 aliphatic heterocycles. The first-order valence-electron chi connectivity index (χ1n) is 8.91. The minimum absolute atomic E-state index is 0. The molecule has 5 nitrogen and oxygen atoms in total. The number of hydrogen-bond acceptors (Lipinski definition) is 4. The quantitative estimate of drug-likeness (QED) is 0.865. The van der Waals surface area contributed by atoms with Gasteiger partial charge in [0.25, 0.3) is 0 Å². The number of halogens is 1. The van der Waals surface area contributed by atoms with Crippen molar-refractivity contribution in [2.24, 2.45) is 11.7 Å². The molecule has 1 heterocycles. The molecule has 3 atom stereocenters. The summed E-state index contributed by atoms with van der Waals surface area (Å²) in [6.45, 7) is 0.811. The summed E-state index contributed by atoms with van der Waals surface area (Å²) in [6.07, 6.45) is 5.83. The normalized spacial score (nSPS) is 25.6. The van der Waals surface area contributed by atoms with Crippen LogP contribution in [0.1, 0.15) is 50.1 Å². The average Bonchev–Trinajstić information content (AvgIpc) is 3.23. The van der Waals surface area contributed by atoms with Crippen LogP contribution in [0.4, 0.5) is 0 Å². The lowest BCUT2D eigenvalue weighted by atomic mass is 9.98. The zero-order valence-corrected chi connectivity index (χ0v) is 15.9. The van der Waals surface area contributed by atoms with E-state index in [0.29, 0.717) is 12.3 Å². The van der Waals surface area contributed by atoms with Gasteiger partial charge >= 0.3 is 0 Å². The van der Waals surface area contributed by atoms with E-state index in [0.717, 1.165) is 55.7 Å². The number of carbonyl (C=O) groups is 1. The number of methoxy groups -OCH3 is 2. The van der Waals surface area contributed by atoms with Gasteiger partial charge in [0.15, 0.2) is 0 Å². The fourth-order valence-corrected chi connectivity index (χ4v) is 4.15. The summed E-state index contributed by atoms with van der Waals surface area (Å²) in [6, 6.07) is 6.06. The molecule has 2 N–H and O–H groups in total. The molecule has 0 spiro atoms. The molecule has 1 unspecified atom stereocenters. The smallest absolute Gasteiger partial charge is 0.223 e. The highest BCUT2D eigenvalue weighted by Crippen LogP contribution is 2.40. The maximum Gasteiger partial charge on any atom is 0.223 e. The summed E-state index contributed by atoms with van der Waals surface area (Å²) in [5.41, 5.74) is 7.19. The molecule has 25 heavy (non-hydrogen) atoms. The third kappa shape index (κ3) is 4.21. The summed E-state index contributed by atoms with van der Waals surface area (Å²) in [4.78, 5) is 14.9. The highest BCUT2D eigenvalue weighted by molar-refractivity contribution is 5.85. The number of benzene rings is 1. The molecular weight excluding hydrogens is 340 g/mol. The number of carbonyl (C=O) groups excluding carboxylic acids is 1. The maximum atomic E-state index is 12.9. The molecule has 1 amide bonds. The van der Waals surface area contributed by atoms with Crippen LogP contribution >= 0.6 is 12.4 Å². The second-order valence-corrected chi connectivity index (χ2v) is 6.91. The van der Waals surface area contributed by atoms with E-state index in [4.69, 9.17) is 15.2 Å². The molecule has 1 aromatic rings. The molecule has 0 aromatic heterocycles. The minimum atomic E-state index is 0. The SMILES string of the molecule is COc1ccc(OC)c(C2CCCN2C(=O)C[C@@H]2CCC[C@H]2N)c1.Cl. The van der Waals surface area contributed by atoms with Crippen LogP contribution in [0.2, 0.25) is 0 Å². The van der Waals surface area contributed by atoms with Crippen molar-refractivity contribution >= 4 is 18.3 Å². The van der Waals surface area contributed by atoms with Gasteiger partial charge in [-0.05, 0) is 49.8 Å². The third-order valence-corrected chi connectivity index (χ3v) is 5.52. The molecule has 1 aromatic carbocycles. The molecule has 2 fully saturated rings. The maximum absolute atomic E-state index is 12.9. The van der Waals surface area contributed by atoms with E-state index in [9.17, 15) is 4.79 Å². The van der Waals surface area contributed by atoms with Crippen LogP contribution in [0, 0.1) is 5.92 Å². The number of hydrogen-bond donors (Lipinski definition) is 1. The number of nitrogens with zero attached hydrogens (tertiary/aromatic N) is 1. The van der Waals surface area contributed by atoms with Gasteiger partial charge in [-0.1, -0.05) is 6.42 Å². The summed E-state index contributed by atoms with van der Waals surface area (Å²) >= 11 is 0. The molecule has 6 heteroatoms. The summed E-state index contributed by atoms with van der Waals surface area (Å²) < 4.78 is 10.9. The number of amides is 1. The van der Waals surface area contributed by atoms with Gasteiger partial charge in [-0.2, -0.15) is 0 Å². The van der Waals surface area contributed by atoms with Gasteiger partial charge in [0.2, 0.25) is 5.91 Å². The monoisotopic (exact) mass is 368 g/mol. The van der Waals surface area contributed by atoms with Gasteiger partial charge < -0.3 is 20.1 Å². The van der Waals surface area contributed by atoms with E-state index in [1.165, 1.54) is 0 Å². The Morgan fingerprint density at radius 2 is 2.00 bits per heavy atom. The van der Waals surface area contributed by atoms with Gasteiger partial charge in [-0.15, -0.1) is 12.4 Å². The van der Waals surface area contributed by atoms with Gasteiger partial charge in [0.1, 0.15) is 11.5 Å². The Morgan fingerprint density at radius 1 is 1.20 bits per heavy atom. The van der Waals surface area contributed by atoms with Gasteiger partial charge in [-0.3, -0.25) is 4.79 Å². The molecule has 2 aliphatic rings. The Balaban J connectivity index is 0.00000225. The van der Waals surface area contributed by atoms with Crippen LogP contribution in [0.25, 0.3) is 0 Å². The molecule has 0 radical (unpaired) electrons. The topological polar surface area (TPSA) is 64.8 Å². The lowest BCUT2D eigenvalue weighted by molar-refractivity contribution is -0.133. The first-order valence-corrected chi connectivity index (χ1v) is 8.91. The van der Waals surface area contributed by atoms with Gasteiger partial charge in [-0.25, -0.2) is 0 Å². The Labute approximate surface area is 156 Å². The Kier molecular flexibility index (Phi) is 6.96. The van der Waals surface area contributed by atoms with Crippen molar-refractivity contribution in [2.45, 2.75) is 50.6 Å². The van der Waals surface area contributed by atoms with Gasteiger partial charge in [0.05, 0.1) is 20.3 Å². The van der Waals surface area contributed by atoms with Crippen LogP contribution in [-0.4, -0.2) is 37.6 Å². The molecule has 1 saturated heterocycles. The molecule has 3 rings (SSSR count). The van der Waals surface area contributed by atoms with Crippen molar-refractivity contribution < 1.29 is 14.3 Å². The Hall–Kier alpha value is -1.46. The zero-order chi connectivity index (χ0) is 17.1. The van der Waals surface area contributed by atoms with Crippen LogP contribution < -0.4 is 15.2 Å². The van der Waals surface area contributed by atoms with Crippen LogP contribution in [-0.2, 0) is 4.79 Å². The average molecular weight is 369 g/mol. The van der Waals surface area contributed by atoms with Crippen LogP contribution in [0.3, 0.4) is 0 Å². The lowest BCUT2D eigenvalue weighted by Gasteiger charge is -2.28. The summed E-state index contributed by atoms with van der Waals surface area (Å²) in [5.74, 6) is 2.18. The predicted molar refractivity (Wildman–Crippen MR) is 100 cm³/mol. The van der Waals surface area contributed by atoms with Gasteiger partial charge in [0, 0.05) is 24.6 Å². The predicted octanol–water partition coefficient (Wildman–Crippen LogP) is 3.31. The van der Waals surface area contributed by atoms with Crippen molar-refractivity contribution in [3.63, 3.8) is 0 Å². The second kappa shape index (κ2) is 8.77. The molecule has 140 valence electrons. The van der Waals surface area contributed by atoms with E-state index >= 15 is 0 Å². The van der Waals surface area contributed by atoms with Crippen molar-refractivity contribution in [3.05, 3.63) is 23.8 Å². The fraction of sp³-hybridized carbons (Fsp3) is 0.632. The standard InChI is InChI=1S/C19H28N2O3.ClH/c1-23-14-8-9-18(24-2)15(12-14)17-7-4-10-21(17)19(22)11-13-5-3-6-16(13)20;/h8-9,12-13,16-17H,3-7,10-11,20H2,1-2H3;1H/t13-,16+,17?;/m0./s1. The summed E-state index contributed by atoms with van der Waals surface area (Å²) in [7, 11) is 3.33. The van der Waals surface area contributed by atoms with Crippen molar-refractivity contribution in [1.29, 1.82) is 0 Å². The molecule has 1 saturated carbocycles. The first kappa shape index (κ1) is 19.9. The number of likely N-dealkylation sites (tertiary alicyclic amines) is 1. The molecular formula is C19H29ClN2O3. The highest BCUT2D eigenvalue weighted by atomic mass is 35.5. The zero-order valence-electron chi connectivity index (χ0n) is 15.1. The van der Waals surface area contributed by atoms with E-state index in [1.807, 2.05) is 23.1 Å². The van der Waals surface area contributed by atoms with Crippen LogP contribution in [0.5, 0.6) is 11.5 Å². The van der Waals surface area contributed by atoms with E-state index in [-0.39, 0.29) is 30.4 Å². The number of ether oxygens (including phenoxy) is 2.